The molecule has 0 radical (unpaired) electrons. The van der Waals surface area contributed by atoms with E-state index in [-0.39, 0.29) is 17.2 Å². The maximum Gasteiger partial charge on any atom is 0.261 e. The van der Waals surface area contributed by atoms with Crippen molar-refractivity contribution in [2.45, 2.75) is 56.5 Å². The number of aliphatic hydroxyl groups excluding tert-OH is 1. The van der Waals surface area contributed by atoms with Gasteiger partial charge in [0.1, 0.15) is 5.75 Å². The third-order valence-electron chi connectivity index (χ3n) is 8.78. The second-order valence-corrected chi connectivity index (χ2v) is 12.5. The first kappa shape index (κ1) is 25.1. The Morgan fingerprint density at radius 2 is 2.08 bits per heavy atom. The quantitative estimate of drug-likeness (QED) is 0.321. The highest BCUT2D eigenvalue weighted by molar-refractivity contribution is 7.97. The summed E-state index contributed by atoms with van der Waals surface area (Å²) in [6.45, 7) is 2.27. The van der Waals surface area contributed by atoms with Gasteiger partial charge in [-0.15, -0.1) is 0 Å². The molecule has 5 nitrogen and oxygen atoms in total. The molecule has 2 N–H and O–H groups in total. The molecule has 0 unspecified atom stereocenters. The van der Waals surface area contributed by atoms with Crippen LogP contribution in [-0.2, 0) is 11.8 Å². The first-order chi connectivity index (χ1) is 18.0. The Bertz CT molecular complexity index is 1200. The van der Waals surface area contributed by atoms with Crippen LogP contribution in [0.3, 0.4) is 0 Å². The Balaban J connectivity index is 1.39. The zero-order valence-electron chi connectivity index (χ0n) is 21.1. The number of carbonyl (C=O) groups excluding carboxylic acids is 1. The summed E-state index contributed by atoms with van der Waals surface area (Å²) >= 11 is 7.83. The SMILES string of the molecule is O=C1NSCCC/C=C/[C@H](O)[C@@H]2CC[C@H]2CN2C[C@@]3(CCCc4cc(Cl)ccc43)COc3ccc1cc32. The number of nitrogens with one attached hydrogen (secondary N) is 1. The summed E-state index contributed by atoms with van der Waals surface area (Å²) in [4.78, 5) is 15.4. The normalized spacial score (nSPS) is 30.7. The summed E-state index contributed by atoms with van der Waals surface area (Å²) in [6, 6.07) is 12.2. The molecular weight excluding hydrogens is 504 g/mol. The highest BCUT2D eigenvalue weighted by Crippen LogP contribution is 2.46. The van der Waals surface area contributed by atoms with E-state index >= 15 is 0 Å². The number of carbonyl (C=O) groups is 1. The topological polar surface area (TPSA) is 61.8 Å². The molecule has 2 aromatic carbocycles. The van der Waals surface area contributed by atoms with Crippen LogP contribution in [0.5, 0.6) is 5.75 Å². The number of anilines is 1. The fourth-order valence-corrected chi connectivity index (χ4v) is 7.49. The fourth-order valence-electron chi connectivity index (χ4n) is 6.64. The van der Waals surface area contributed by atoms with Gasteiger partial charge in [0, 0.05) is 34.8 Å². The predicted octanol–water partition coefficient (Wildman–Crippen LogP) is 5.93. The van der Waals surface area contributed by atoms with E-state index in [0.717, 1.165) is 80.2 Å². The lowest BCUT2D eigenvalue weighted by Crippen LogP contribution is -2.49. The molecule has 0 saturated heterocycles. The van der Waals surface area contributed by atoms with E-state index in [0.29, 0.717) is 18.1 Å². The van der Waals surface area contributed by atoms with Crippen LogP contribution in [0.15, 0.2) is 48.6 Å². The van der Waals surface area contributed by atoms with Gasteiger partial charge in [0.15, 0.2) is 0 Å². The van der Waals surface area contributed by atoms with Crippen LogP contribution < -0.4 is 14.4 Å². The van der Waals surface area contributed by atoms with Gasteiger partial charge >= 0.3 is 0 Å². The van der Waals surface area contributed by atoms with Crippen LogP contribution in [0.1, 0.15) is 60.0 Å². The Morgan fingerprint density at radius 3 is 2.95 bits per heavy atom. The summed E-state index contributed by atoms with van der Waals surface area (Å²) in [5.41, 5.74) is 4.16. The molecule has 7 heteroatoms. The molecular formula is C30H35ClN2O3S. The first-order valence-electron chi connectivity index (χ1n) is 13.6. The fraction of sp³-hybridized carbons (Fsp3) is 0.500. The molecule has 1 amide bonds. The second-order valence-electron chi connectivity index (χ2n) is 11.1. The third-order valence-corrected chi connectivity index (χ3v) is 9.84. The number of aliphatic hydroxyl groups is 1. The van der Waals surface area contributed by atoms with E-state index in [1.807, 2.05) is 30.3 Å². The average Bonchev–Trinajstić information content (AvgIpc) is 3.02. The predicted molar refractivity (Wildman–Crippen MR) is 151 cm³/mol. The number of halogens is 1. The van der Waals surface area contributed by atoms with Crippen molar-refractivity contribution in [3.8, 4) is 5.75 Å². The average molecular weight is 539 g/mol. The summed E-state index contributed by atoms with van der Waals surface area (Å²) in [5.74, 6) is 2.27. The van der Waals surface area contributed by atoms with E-state index in [9.17, 15) is 9.90 Å². The standard InChI is InChI=1S/C30H35ClN2O3S/c31-23-9-11-25-20(15-23)5-4-13-30(25)18-33-17-22-7-10-24(22)27(34)6-2-1-3-14-37-32-29(35)21-8-12-28(36-19-30)26(33)16-21/h2,6,8-9,11-12,15-16,22,24,27,34H,1,3-5,7,10,13-14,17-19H2,(H,32,35)/b6-2+/t22-,24+,27-,30-/m0/s1. The lowest BCUT2D eigenvalue weighted by molar-refractivity contribution is 0.0456. The second kappa shape index (κ2) is 10.5. The van der Waals surface area contributed by atoms with Crippen molar-refractivity contribution in [2.75, 3.05) is 30.3 Å². The molecule has 2 bridgehead atoms. The van der Waals surface area contributed by atoms with Crippen LogP contribution in [0.2, 0.25) is 5.02 Å². The van der Waals surface area contributed by atoms with Crippen molar-refractivity contribution in [2.24, 2.45) is 11.8 Å². The molecule has 2 aliphatic heterocycles. The lowest BCUT2D eigenvalue weighted by Gasteiger charge is -2.45. The van der Waals surface area contributed by atoms with Gasteiger partial charge in [0.25, 0.3) is 5.91 Å². The highest BCUT2D eigenvalue weighted by atomic mass is 35.5. The monoisotopic (exact) mass is 538 g/mol. The van der Waals surface area contributed by atoms with Crippen molar-refractivity contribution in [3.63, 3.8) is 0 Å². The number of allylic oxidation sites excluding steroid dienone is 1. The van der Waals surface area contributed by atoms with Crippen LogP contribution in [-0.4, -0.2) is 42.6 Å². The van der Waals surface area contributed by atoms with Gasteiger partial charge < -0.3 is 14.7 Å². The van der Waals surface area contributed by atoms with E-state index < -0.39 is 6.10 Å². The van der Waals surface area contributed by atoms with Gasteiger partial charge in [0.05, 0.1) is 18.4 Å². The molecule has 2 aliphatic carbocycles. The van der Waals surface area contributed by atoms with Gasteiger partial charge in [-0.2, -0.15) is 0 Å². The van der Waals surface area contributed by atoms with Crippen molar-refractivity contribution in [3.05, 3.63) is 70.3 Å². The van der Waals surface area contributed by atoms with Crippen LogP contribution in [0, 0.1) is 11.8 Å². The number of nitrogens with zero attached hydrogens (tertiary/aromatic N) is 1. The Morgan fingerprint density at radius 1 is 1.16 bits per heavy atom. The largest absolute Gasteiger partial charge is 0.490 e. The number of ether oxygens (including phenoxy) is 1. The minimum absolute atomic E-state index is 0.0658. The van der Waals surface area contributed by atoms with Gasteiger partial charge in [-0.1, -0.05) is 41.8 Å². The van der Waals surface area contributed by atoms with Crippen molar-refractivity contribution >= 4 is 35.1 Å². The number of rotatable bonds is 0. The summed E-state index contributed by atoms with van der Waals surface area (Å²) in [7, 11) is 0. The minimum Gasteiger partial charge on any atom is -0.490 e. The van der Waals surface area contributed by atoms with Gasteiger partial charge in [-0.05, 0) is 98.2 Å². The molecule has 1 saturated carbocycles. The Kier molecular flexibility index (Phi) is 7.17. The van der Waals surface area contributed by atoms with Crippen molar-refractivity contribution in [1.82, 2.24) is 4.72 Å². The molecule has 37 heavy (non-hydrogen) atoms. The maximum absolute atomic E-state index is 13.0. The molecule has 4 aliphatic rings. The number of amides is 1. The molecule has 1 spiro atoms. The third kappa shape index (κ3) is 5.00. The van der Waals surface area contributed by atoms with E-state index in [2.05, 4.69) is 27.8 Å². The van der Waals surface area contributed by atoms with Crippen molar-refractivity contribution in [1.29, 1.82) is 0 Å². The molecule has 2 heterocycles. The number of benzene rings is 2. The zero-order valence-corrected chi connectivity index (χ0v) is 22.7. The molecule has 2 aromatic rings. The Labute approximate surface area is 228 Å². The van der Waals surface area contributed by atoms with Crippen molar-refractivity contribution < 1.29 is 14.6 Å². The van der Waals surface area contributed by atoms with E-state index in [4.69, 9.17) is 16.3 Å². The van der Waals surface area contributed by atoms with E-state index in [1.54, 1.807) is 0 Å². The summed E-state index contributed by atoms with van der Waals surface area (Å²) in [5, 5.41) is 11.7. The van der Waals surface area contributed by atoms with Crippen LogP contribution in [0.4, 0.5) is 5.69 Å². The summed E-state index contributed by atoms with van der Waals surface area (Å²) < 4.78 is 9.56. The van der Waals surface area contributed by atoms with Crippen LogP contribution in [0.25, 0.3) is 0 Å². The van der Waals surface area contributed by atoms with Gasteiger partial charge in [0.2, 0.25) is 0 Å². The molecule has 6 rings (SSSR count). The number of hydrogen-bond donors (Lipinski definition) is 2. The van der Waals surface area contributed by atoms with E-state index in [1.165, 1.54) is 23.1 Å². The highest BCUT2D eigenvalue weighted by Gasteiger charge is 2.44. The molecule has 1 fully saturated rings. The zero-order chi connectivity index (χ0) is 25.4. The molecule has 196 valence electrons. The van der Waals surface area contributed by atoms with Gasteiger partial charge in [-0.25, -0.2) is 0 Å². The Hall–Kier alpha value is -2.15. The minimum atomic E-state index is -0.403. The van der Waals surface area contributed by atoms with Crippen LogP contribution >= 0.6 is 23.5 Å². The number of fused-ring (bicyclic) bond motifs is 4. The molecule has 0 aromatic heterocycles. The lowest BCUT2D eigenvalue weighted by atomic mass is 9.68. The molecule has 4 atom stereocenters. The smallest absolute Gasteiger partial charge is 0.261 e. The van der Waals surface area contributed by atoms with Gasteiger partial charge in [-0.3, -0.25) is 9.52 Å². The number of hydrogen-bond acceptors (Lipinski definition) is 5. The maximum atomic E-state index is 13.0. The first-order valence-corrected chi connectivity index (χ1v) is 15.0. The number of aryl methyl sites for hydroxylation is 1. The summed E-state index contributed by atoms with van der Waals surface area (Å²) in [6.07, 6.45) is 10.9.